The molecule has 0 unspecified atom stereocenters. The van der Waals surface area contributed by atoms with Gasteiger partial charge in [-0.15, -0.1) is 0 Å². The fraction of sp³-hybridized carbons (Fsp3) is 0.429. The first-order valence-corrected chi connectivity index (χ1v) is 8.03. The molecular weight excluding hydrogens is 316 g/mol. The minimum Gasteiger partial charge on any atom is -0.508 e. The molecule has 4 heteroatoms. The molecule has 0 bridgehead atoms. The van der Waals surface area contributed by atoms with Crippen molar-refractivity contribution in [2.24, 2.45) is 5.92 Å². The Morgan fingerprint density at radius 3 is 1.76 bits per heavy atom. The number of hydrogen-bond donors (Lipinski definition) is 4. The van der Waals surface area contributed by atoms with E-state index in [1.807, 2.05) is 6.07 Å². The van der Waals surface area contributed by atoms with Crippen molar-refractivity contribution in [3.05, 3.63) is 48.0 Å². The van der Waals surface area contributed by atoms with Gasteiger partial charge in [0, 0.05) is 12.1 Å². The summed E-state index contributed by atoms with van der Waals surface area (Å²) in [5.74, 6) is 1.27. The zero-order chi connectivity index (χ0) is 16.7. The van der Waals surface area contributed by atoms with Crippen molar-refractivity contribution < 1.29 is 20.4 Å². The lowest BCUT2D eigenvalue weighted by atomic mass is 9.85. The van der Waals surface area contributed by atoms with Crippen LogP contribution in [-0.4, -0.2) is 20.4 Å². The van der Waals surface area contributed by atoms with E-state index in [9.17, 15) is 10.2 Å². The van der Waals surface area contributed by atoms with Gasteiger partial charge in [0.15, 0.2) is 0 Å². The van der Waals surface area contributed by atoms with Gasteiger partial charge in [0.05, 0.1) is 0 Å². The van der Waals surface area contributed by atoms with Gasteiger partial charge in [0.1, 0.15) is 23.0 Å². The van der Waals surface area contributed by atoms with E-state index in [-0.39, 0.29) is 37.9 Å². The molecule has 140 valence electrons. The standard InChI is InChI=1S/C13H18O2.C6H6O2.2CH4/c14-12-7-6-11(13(15)9-12)8-10-4-2-1-3-5-10;7-5-2-1-3-6(8)4-5;;/h6-7,9-10,14-15H,1-5,8H2;1-4,7-8H;2*1H4. The van der Waals surface area contributed by atoms with Crippen molar-refractivity contribution in [3.63, 3.8) is 0 Å². The Morgan fingerprint density at radius 1 is 0.720 bits per heavy atom. The maximum Gasteiger partial charge on any atom is 0.122 e. The molecule has 1 saturated carbocycles. The number of phenols is 4. The zero-order valence-corrected chi connectivity index (χ0v) is 13.2. The molecule has 4 N–H and O–H groups in total. The minimum atomic E-state index is 0. The maximum absolute atomic E-state index is 9.66. The second-order valence-corrected chi connectivity index (χ2v) is 6.04. The number of phenolic OH excluding ortho intramolecular Hbond substituents is 4. The van der Waals surface area contributed by atoms with E-state index in [2.05, 4.69) is 0 Å². The molecule has 2 aromatic carbocycles. The fourth-order valence-corrected chi connectivity index (χ4v) is 2.92. The molecule has 1 fully saturated rings. The van der Waals surface area contributed by atoms with Gasteiger partial charge in [-0.3, -0.25) is 0 Å². The van der Waals surface area contributed by atoms with Gasteiger partial charge in [-0.2, -0.15) is 0 Å². The lowest BCUT2D eigenvalue weighted by Gasteiger charge is -2.21. The molecule has 2 aromatic rings. The van der Waals surface area contributed by atoms with E-state index in [1.54, 1.807) is 12.1 Å². The smallest absolute Gasteiger partial charge is 0.122 e. The molecule has 0 aliphatic heterocycles. The van der Waals surface area contributed by atoms with E-state index in [1.165, 1.54) is 56.4 Å². The van der Waals surface area contributed by atoms with Crippen molar-refractivity contribution in [2.75, 3.05) is 0 Å². The largest absolute Gasteiger partial charge is 0.508 e. The third kappa shape index (κ3) is 7.84. The summed E-state index contributed by atoms with van der Waals surface area (Å²) >= 11 is 0. The molecule has 0 radical (unpaired) electrons. The lowest BCUT2D eigenvalue weighted by molar-refractivity contribution is 0.351. The second-order valence-electron chi connectivity index (χ2n) is 6.04. The maximum atomic E-state index is 9.66. The first-order valence-electron chi connectivity index (χ1n) is 8.03. The van der Waals surface area contributed by atoms with Crippen LogP contribution in [0.2, 0.25) is 0 Å². The van der Waals surface area contributed by atoms with Crippen LogP contribution in [0.15, 0.2) is 42.5 Å². The van der Waals surface area contributed by atoms with Crippen LogP contribution in [0.1, 0.15) is 52.5 Å². The molecule has 0 amide bonds. The van der Waals surface area contributed by atoms with Gasteiger partial charge in [-0.1, -0.05) is 59.1 Å². The van der Waals surface area contributed by atoms with Gasteiger partial charge < -0.3 is 20.4 Å². The van der Waals surface area contributed by atoms with Gasteiger partial charge in [0.25, 0.3) is 0 Å². The molecule has 25 heavy (non-hydrogen) atoms. The lowest BCUT2D eigenvalue weighted by Crippen LogP contribution is -2.09. The average Bonchev–Trinajstić information content (AvgIpc) is 2.52. The summed E-state index contributed by atoms with van der Waals surface area (Å²) in [6, 6.07) is 10.8. The number of benzene rings is 2. The number of aromatic hydroxyl groups is 4. The highest BCUT2D eigenvalue weighted by atomic mass is 16.3. The summed E-state index contributed by atoms with van der Waals surface area (Å²) in [5, 5.41) is 36.2. The van der Waals surface area contributed by atoms with Crippen LogP contribution in [0.4, 0.5) is 0 Å². The van der Waals surface area contributed by atoms with Crippen LogP contribution in [0.25, 0.3) is 0 Å². The molecule has 0 aromatic heterocycles. The highest BCUT2D eigenvalue weighted by molar-refractivity contribution is 5.39. The SMILES string of the molecule is C.C.Oc1ccc(CC2CCCCC2)c(O)c1.Oc1cccc(O)c1. The first-order chi connectivity index (χ1) is 11.0. The third-order valence-corrected chi connectivity index (χ3v) is 4.13. The van der Waals surface area contributed by atoms with Crippen molar-refractivity contribution in [2.45, 2.75) is 53.4 Å². The molecule has 1 aliphatic carbocycles. The summed E-state index contributed by atoms with van der Waals surface area (Å²) in [7, 11) is 0. The Balaban J connectivity index is 0.000000497. The zero-order valence-electron chi connectivity index (χ0n) is 13.2. The Bertz CT molecular complexity index is 602. The molecule has 0 atom stereocenters. The van der Waals surface area contributed by atoms with Gasteiger partial charge in [-0.25, -0.2) is 0 Å². The van der Waals surface area contributed by atoms with Crippen LogP contribution in [0.3, 0.4) is 0 Å². The van der Waals surface area contributed by atoms with Gasteiger partial charge >= 0.3 is 0 Å². The molecule has 0 saturated heterocycles. The van der Waals surface area contributed by atoms with Crippen molar-refractivity contribution in [1.82, 2.24) is 0 Å². The van der Waals surface area contributed by atoms with Crippen LogP contribution < -0.4 is 0 Å². The minimum absolute atomic E-state index is 0. The normalized spacial score (nSPS) is 13.6. The highest BCUT2D eigenvalue weighted by Gasteiger charge is 2.15. The van der Waals surface area contributed by atoms with Crippen molar-refractivity contribution in [3.8, 4) is 23.0 Å². The quantitative estimate of drug-likeness (QED) is 0.570. The fourth-order valence-electron chi connectivity index (χ4n) is 2.92. The predicted octanol–water partition coefficient (Wildman–Crippen LogP) is 5.59. The van der Waals surface area contributed by atoms with E-state index in [4.69, 9.17) is 10.2 Å². The van der Waals surface area contributed by atoms with Gasteiger partial charge in [-0.05, 0) is 36.1 Å². The molecule has 0 heterocycles. The Kier molecular flexibility index (Phi) is 10.2. The van der Waals surface area contributed by atoms with Crippen molar-refractivity contribution >= 4 is 0 Å². The Morgan fingerprint density at radius 2 is 1.28 bits per heavy atom. The summed E-state index contributed by atoms with van der Waals surface area (Å²) in [6.45, 7) is 0. The number of rotatable bonds is 2. The highest BCUT2D eigenvalue weighted by Crippen LogP contribution is 2.31. The average molecular weight is 348 g/mol. The summed E-state index contributed by atoms with van der Waals surface area (Å²) in [6.07, 6.45) is 7.51. The van der Waals surface area contributed by atoms with Crippen LogP contribution in [0, 0.1) is 5.92 Å². The van der Waals surface area contributed by atoms with E-state index >= 15 is 0 Å². The molecular formula is C21H32O4. The summed E-state index contributed by atoms with van der Waals surface area (Å²) < 4.78 is 0. The van der Waals surface area contributed by atoms with E-state index in [0.29, 0.717) is 5.92 Å². The van der Waals surface area contributed by atoms with Crippen molar-refractivity contribution in [1.29, 1.82) is 0 Å². The summed E-state index contributed by atoms with van der Waals surface area (Å²) in [5.41, 5.74) is 0.972. The molecule has 3 rings (SSSR count). The third-order valence-electron chi connectivity index (χ3n) is 4.13. The molecule has 0 spiro atoms. The monoisotopic (exact) mass is 348 g/mol. The predicted molar refractivity (Wildman–Crippen MR) is 103 cm³/mol. The first kappa shape index (κ1) is 22.6. The Labute approximate surface area is 151 Å². The van der Waals surface area contributed by atoms with Crippen LogP contribution in [-0.2, 0) is 6.42 Å². The van der Waals surface area contributed by atoms with E-state index < -0.39 is 0 Å². The Hall–Kier alpha value is -2.36. The van der Waals surface area contributed by atoms with Gasteiger partial charge in [0.2, 0.25) is 0 Å². The molecule has 4 nitrogen and oxygen atoms in total. The van der Waals surface area contributed by atoms with Crippen LogP contribution >= 0.6 is 0 Å². The molecule has 1 aliphatic rings. The number of hydrogen-bond acceptors (Lipinski definition) is 4. The summed E-state index contributed by atoms with van der Waals surface area (Å²) in [4.78, 5) is 0. The second kappa shape index (κ2) is 11.2. The topological polar surface area (TPSA) is 80.9 Å². The van der Waals surface area contributed by atoms with E-state index in [0.717, 1.165) is 12.0 Å². The van der Waals surface area contributed by atoms with Crippen LogP contribution in [0.5, 0.6) is 23.0 Å².